The van der Waals surface area contributed by atoms with E-state index in [0.29, 0.717) is 31.7 Å². The number of hydrogen-bond donors (Lipinski definition) is 1. The molecule has 5 nitrogen and oxygen atoms in total. The number of rotatable bonds is 6. The minimum absolute atomic E-state index is 0.0208. The Kier molecular flexibility index (Phi) is 5.63. The monoisotopic (exact) mass is 356 g/mol. The van der Waals surface area contributed by atoms with Crippen molar-refractivity contribution >= 4 is 11.8 Å². The van der Waals surface area contributed by atoms with Gasteiger partial charge in [0.1, 0.15) is 5.82 Å². The number of methoxy groups -OCH3 is 1. The number of amides is 2. The summed E-state index contributed by atoms with van der Waals surface area (Å²) < 4.78 is 18.1. The smallest absolute Gasteiger partial charge is 0.251 e. The average molecular weight is 356 g/mol. The molecule has 1 N–H and O–H groups in total. The predicted molar refractivity (Wildman–Crippen MR) is 96.2 cm³/mol. The molecule has 0 radical (unpaired) electrons. The molecule has 1 aliphatic rings. The molecule has 2 aromatic rings. The minimum atomic E-state index is -0.299. The molecular formula is C20H21FN2O3. The fourth-order valence-corrected chi connectivity index (χ4v) is 3.04. The lowest BCUT2D eigenvalue weighted by atomic mass is 10.0. The van der Waals surface area contributed by atoms with E-state index in [1.807, 2.05) is 6.07 Å². The Morgan fingerprint density at radius 2 is 2.00 bits per heavy atom. The van der Waals surface area contributed by atoms with Gasteiger partial charge in [-0.25, -0.2) is 4.39 Å². The van der Waals surface area contributed by atoms with E-state index >= 15 is 0 Å². The second kappa shape index (κ2) is 8.10. The maximum Gasteiger partial charge on any atom is 0.251 e. The van der Waals surface area contributed by atoms with Gasteiger partial charge < -0.3 is 15.0 Å². The quantitative estimate of drug-likeness (QED) is 0.865. The number of ether oxygens (including phenoxy) is 1. The molecule has 0 saturated carbocycles. The molecule has 6 heteroatoms. The van der Waals surface area contributed by atoms with Crippen LogP contribution >= 0.6 is 0 Å². The highest BCUT2D eigenvalue weighted by Crippen LogP contribution is 2.21. The normalized spacial score (nSPS) is 16.8. The average Bonchev–Trinajstić information content (AvgIpc) is 2.99. The molecule has 0 bridgehead atoms. The van der Waals surface area contributed by atoms with Crippen LogP contribution in [0.3, 0.4) is 0 Å². The molecule has 1 heterocycles. The first-order chi connectivity index (χ1) is 12.6. The highest BCUT2D eigenvalue weighted by atomic mass is 19.1. The Labute approximate surface area is 151 Å². The predicted octanol–water partition coefficient (Wildman–Crippen LogP) is 2.47. The SMILES string of the molecule is COCCN1CC(NC(=O)c2cccc(-c3ccc(F)cc3)c2)CC1=O. The van der Waals surface area contributed by atoms with E-state index in [4.69, 9.17) is 4.74 Å². The lowest BCUT2D eigenvalue weighted by molar-refractivity contribution is -0.128. The Balaban J connectivity index is 1.66. The highest BCUT2D eigenvalue weighted by Gasteiger charge is 2.30. The van der Waals surface area contributed by atoms with E-state index in [9.17, 15) is 14.0 Å². The van der Waals surface area contributed by atoms with Gasteiger partial charge in [0.05, 0.1) is 12.6 Å². The number of halogens is 1. The van der Waals surface area contributed by atoms with E-state index < -0.39 is 0 Å². The van der Waals surface area contributed by atoms with Crippen molar-refractivity contribution in [3.63, 3.8) is 0 Å². The van der Waals surface area contributed by atoms with Crippen LogP contribution in [0.15, 0.2) is 48.5 Å². The summed E-state index contributed by atoms with van der Waals surface area (Å²) in [7, 11) is 1.59. The molecule has 0 spiro atoms. The van der Waals surface area contributed by atoms with Crippen LogP contribution in [0.5, 0.6) is 0 Å². The van der Waals surface area contributed by atoms with Crippen LogP contribution in [0.4, 0.5) is 4.39 Å². The summed E-state index contributed by atoms with van der Waals surface area (Å²) in [4.78, 5) is 26.2. The molecule has 136 valence electrons. The maximum atomic E-state index is 13.1. The third kappa shape index (κ3) is 4.26. The Hall–Kier alpha value is -2.73. The molecular weight excluding hydrogens is 335 g/mol. The molecule has 1 atom stereocenters. The molecule has 3 rings (SSSR count). The third-order valence-electron chi connectivity index (χ3n) is 4.42. The molecule has 2 amide bonds. The zero-order valence-electron chi connectivity index (χ0n) is 14.6. The number of benzene rings is 2. The van der Waals surface area contributed by atoms with Gasteiger partial charge in [0.25, 0.3) is 5.91 Å². The van der Waals surface area contributed by atoms with Crippen LogP contribution in [-0.4, -0.2) is 49.6 Å². The number of carbonyl (C=O) groups excluding carboxylic acids is 2. The van der Waals surface area contributed by atoms with Crippen molar-refractivity contribution < 1.29 is 18.7 Å². The first-order valence-electron chi connectivity index (χ1n) is 8.50. The molecule has 26 heavy (non-hydrogen) atoms. The fraction of sp³-hybridized carbons (Fsp3) is 0.300. The summed E-state index contributed by atoms with van der Waals surface area (Å²) in [5, 5.41) is 2.92. The topological polar surface area (TPSA) is 58.6 Å². The summed E-state index contributed by atoms with van der Waals surface area (Å²) in [6.45, 7) is 1.50. The molecule has 1 saturated heterocycles. The van der Waals surface area contributed by atoms with Gasteiger partial charge >= 0.3 is 0 Å². The standard InChI is InChI=1S/C20H21FN2O3/c1-26-10-9-23-13-18(12-19(23)24)22-20(25)16-4-2-3-15(11-16)14-5-7-17(21)8-6-14/h2-8,11,18H,9-10,12-13H2,1H3,(H,22,25). The van der Waals surface area contributed by atoms with Crippen molar-refractivity contribution in [1.82, 2.24) is 10.2 Å². The van der Waals surface area contributed by atoms with Gasteiger partial charge in [-0.1, -0.05) is 24.3 Å². The first kappa shape index (κ1) is 18.1. The van der Waals surface area contributed by atoms with Crippen molar-refractivity contribution in [3.05, 3.63) is 59.9 Å². The van der Waals surface area contributed by atoms with Crippen LogP contribution in [0, 0.1) is 5.82 Å². The number of hydrogen-bond acceptors (Lipinski definition) is 3. The highest BCUT2D eigenvalue weighted by molar-refractivity contribution is 5.96. The van der Waals surface area contributed by atoms with Crippen molar-refractivity contribution in [2.75, 3.05) is 26.8 Å². The first-order valence-corrected chi connectivity index (χ1v) is 8.50. The number of nitrogens with one attached hydrogen (secondary N) is 1. The van der Waals surface area contributed by atoms with Gasteiger partial charge in [-0.3, -0.25) is 9.59 Å². The van der Waals surface area contributed by atoms with E-state index in [-0.39, 0.29) is 23.7 Å². The summed E-state index contributed by atoms with van der Waals surface area (Å²) in [5.41, 5.74) is 2.18. The summed E-state index contributed by atoms with van der Waals surface area (Å²) >= 11 is 0. The lowest BCUT2D eigenvalue weighted by Crippen LogP contribution is -2.37. The minimum Gasteiger partial charge on any atom is -0.383 e. The molecule has 0 aliphatic carbocycles. The second-order valence-electron chi connectivity index (χ2n) is 6.29. The fourth-order valence-electron chi connectivity index (χ4n) is 3.04. The van der Waals surface area contributed by atoms with Gasteiger partial charge in [-0.15, -0.1) is 0 Å². The molecule has 1 aliphatic heterocycles. The van der Waals surface area contributed by atoms with E-state index in [1.165, 1.54) is 12.1 Å². The summed E-state index contributed by atoms with van der Waals surface area (Å²) in [6.07, 6.45) is 0.299. The van der Waals surface area contributed by atoms with Gasteiger partial charge in [-0.05, 0) is 35.4 Å². The summed E-state index contributed by atoms with van der Waals surface area (Å²) in [5.74, 6) is -0.501. The molecule has 2 aromatic carbocycles. The van der Waals surface area contributed by atoms with Gasteiger partial charge in [0, 0.05) is 32.2 Å². The van der Waals surface area contributed by atoms with Crippen LogP contribution < -0.4 is 5.32 Å². The maximum absolute atomic E-state index is 13.1. The Bertz CT molecular complexity index is 792. The van der Waals surface area contributed by atoms with Crippen LogP contribution in [0.2, 0.25) is 0 Å². The van der Waals surface area contributed by atoms with Crippen LogP contribution in [-0.2, 0) is 9.53 Å². The number of carbonyl (C=O) groups is 2. The Morgan fingerprint density at radius 3 is 2.73 bits per heavy atom. The molecule has 1 fully saturated rings. The van der Waals surface area contributed by atoms with Gasteiger partial charge in [-0.2, -0.15) is 0 Å². The van der Waals surface area contributed by atoms with Crippen molar-refractivity contribution in [2.45, 2.75) is 12.5 Å². The van der Waals surface area contributed by atoms with Crippen LogP contribution in [0.1, 0.15) is 16.8 Å². The molecule has 1 unspecified atom stereocenters. The lowest BCUT2D eigenvalue weighted by Gasteiger charge is -2.16. The van der Waals surface area contributed by atoms with E-state index in [2.05, 4.69) is 5.32 Å². The zero-order valence-corrected chi connectivity index (χ0v) is 14.6. The van der Waals surface area contributed by atoms with Crippen LogP contribution in [0.25, 0.3) is 11.1 Å². The zero-order chi connectivity index (χ0) is 18.5. The molecule has 0 aromatic heterocycles. The van der Waals surface area contributed by atoms with Crippen molar-refractivity contribution in [2.24, 2.45) is 0 Å². The third-order valence-corrected chi connectivity index (χ3v) is 4.42. The Morgan fingerprint density at radius 1 is 1.23 bits per heavy atom. The number of nitrogens with zero attached hydrogens (tertiary/aromatic N) is 1. The number of likely N-dealkylation sites (tertiary alicyclic amines) is 1. The van der Waals surface area contributed by atoms with Crippen molar-refractivity contribution in [1.29, 1.82) is 0 Å². The van der Waals surface area contributed by atoms with E-state index in [0.717, 1.165) is 11.1 Å². The van der Waals surface area contributed by atoms with E-state index in [1.54, 1.807) is 42.3 Å². The summed E-state index contributed by atoms with van der Waals surface area (Å²) in [6, 6.07) is 13.1. The van der Waals surface area contributed by atoms with Gasteiger partial charge in [0.15, 0.2) is 0 Å². The largest absolute Gasteiger partial charge is 0.383 e. The second-order valence-corrected chi connectivity index (χ2v) is 6.29. The van der Waals surface area contributed by atoms with Gasteiger partial charge in [0.2, 0.25) is 5.91 Å². The van der Waals surface area contributed by atoms with Crippen molar-refractivity contribution in [3.8, 4) is 11.1 Å².